The lowest BCUT2D eigenvalue weighted by Crippen LogP contribution is -2.26. The second kappa shape index (κ2) is 8.01. The van der Waals surface area contributed by atoms with E-state index in [0.717, 1.165) is 9.58 Å². The molecule has 7 nitrogen and oxygen atoms in total. The Morgan fingerprint density at radius 1 is 1.00 bits per heavy atom. The normalized spacial score (nSPS) is 10.7. The molecule has 0 spiro atoms. The van der Waals surface area contributed by atoms with Gasteiger partial charge in [0.05, 0.1) is 10.9 Å². The molecule has 0 amide bonds. The van der Waals surface area contributed by atoms with Crippen LogP contribution >= 0.6 is 11.8 Å². The molecule has 28 heavy (non-hydrogen) atoms. The Morgan fingerprint density at radius 3 is 2.64 bits per heavy atom. The van der Waals surface area contributed by atoms with E-state index in [0.29, 0.717) is 21.5 Å². The molecule has 0 aliphatic rings. The molecule has 0 atom stereocenters. The van der Waals surface area contributed by atoms with Crippen LogP contribution in [0.1, 0.15) is 10.4 Å². The van der Waals surface area contributed by atoms with Crippen molar-refractivity contribution in [3.8, 4) is 0 Å². The number of hydrogen-bond donors (Lipinski definition) is 0. The highest BCUT2D eigenvalue weighted by Crippen LogP contribution is 2.28. The molecule has 0 aliphatic heterocycles. The molecule has 2 heterocycles. The number of nitrogens with zero attached hydrogens (tertiary/aromatic N) is 4. The van der Waals surface area contributed by atoms with Gasteiger partial charge in [-0.25, -0.2) is 9.78 Å². The van der Waals surface area contributed by atoms with Gasteiger partial charge in [-0.2, -0.15) is 4.68 Å². The van der Waals surface area contributed by atoms with E-state index < -0.39 is 5.97 Å². The van der Waals surface area contributed by atoms with E-state index in [4.69, 9.17) is 4.74 Å². The fourth-order valence-corrected chi connectivity index (χ4v) is 3.42. The number of carbonyl (C=O) groups is 1. The first-order valence-corrected chi connectivity index (χ1v) is 9.21. The molecule has 0 saturated carbocycles. The van der Waals surface area contributed by atoms with Crippen LogP contribution in [0.4, 0.5) is 0 Å². The SMILES string of the molecule is O=C(OCn1nnc2ccccc2c1=O)c1cccnc1Sc1ccccc1. The monoisotopic (exact) mass is 390 g/mol. The summed E-state index contributed by atoms with van der Waals surface area (Å²) in [5.41, 5.74) is 0.436. The first-order valence-electron chi connectivity index (χ1n) is 8.40. The summed E-state index contributed by atoms with van der Waals surface area (Å²) in [6, 6.07) is 19.8. The summed E-state index contributed by atoms with van der Waals surface area (Å²) in [7, 11) is 0. The standard InChI is InChI=1S/C20H14N4O3S/c25-19-15-9-4-5-11-17(15)22-23-24(19)13-27-20(26)16-10-6-12-21-18(16)28-14-7-2-1-3-8-14/h1-12H,13H2. The molecule has 0 unspecified atom stereocenters. The Hall–Kier alpha value is -3.52. The molecule has 138 valence electrons. The minimum Gasteiger partial charge on any atom is -0.438 e. The van der Waals surface area contributed by atoms with Gasteiger partial charge in [0.25, 0.3) is 5.56 Å². The molecule has 2 aromatic heterocycles. The van der Waals surface area contributed by atoms with Crippen molar-refractivity contribution in [3.63, 3.8) is 0 Å². The van der Waals surface area contributed by atoms with Crippen LogP contribution in [0, 0.1) is 0 Å². The van der Waals surface area contributed by atoms with E-state index >= 15 is 0 Å². The third kappa shape index (κ3) is 3.77. The molecule has 0 bridgehead atoms. The Bertz CT molecular complexity index is 1190. The van der Waals surface area contributed by atoms with E-state index in [1.807, 2.05) is 30.3 Å². The predicted octanol–water partition coefficient (Wildman–Crippen LogP) is 3.15. The van der Waals surface area contributed by atoms with Gasteiger partial charge in [-0.1, -0.05) is 47.3 Å². The van der Waals surface area contributed by atoms with E-state index in [1.54, 1.807) is 42.6 Å². The van der Waals surface area contributed by atoms with E-state index in [9.17, 15) is 9.59 Å². The van der Waals surface area contributed by atoms with Crippen molar-refractivity contribution in [2.45, 2.75) is 16.7 Å². The molecule has 0 radical (unpaired) electrons. The Morgan fingerprint density at radius 2 is 1.79 bits per heavy atom. The van der Waals surface area contributed by atoms with E-state index in [1.165, 1.54) is 11.8 Å². The van der Waals surface area contributed by atoms with Gasteiger partial charge in [-0.3, -0.25) is 4.79 Å². The molecule has 4 rings (SSSR count). The van der Waals surface area contributed by atoms with Gasteiger partial charge < -0.3 is 4.74 Å². The maximum Gasteiger partial charge on any atom is 0.342 e. The molecule has 4 aromatic rings. The van der Waals surface area contributed by atoms with Crippen LogP contribution in [0.3, 0.4) is 0 Å². The van der Waals surface area contributed by atoms with Crippen molar-refractivity contribution in [2.24, 2.45) is 0 Å². The molecule has 0 saturated heterocycles. The number of esters is 1. The predicted molar refractivity (Wildman–Crippen MR) is 104 cm³/mol. The van der Waals surface area contributed by atoms with Crippen molar-refractivity contribution in [1.82, 2.24) is 20.0 Å². The summed E-state index contributed by atoms with van der Waals surface area (Å²) in [6.07, 6.45) is 1.61. The van der Waals surface area contributed by atoms with E-state index in [-0.39, 0.29) is 12.3 Å². The second-order valence-electron chi connectivity index (χ2n) is 5.74. The van der Waals surface area contributed by atoms with Crippen LogP contribution < -0.4 is 5.56 Å². The van der Waals surface area contributed by atoms with Crippen LogP contribution in [-0.4, -0.2) is 25.9 Å². The topological polar surface area (TPSA) is 87.0 Å². The van der Waals surface area contributed by atoms with Gasteiger partial charge in [0.2, 0.25) is 0 Å². The summed E-state index contributed by atoms with van der Waals surface area (Å²) in [4.78, 5) is 30.2. The van der Waals surface area contributed by atoms with Gasteiger partial charge in [0, 0.05) is 11.1 Å². The van der Waals surface area contributed by atoms with Crippen LogP contribution in [0.2, 0.25) is 0 Å². The number of aromatic nitrogens is 4. The summed E-state index contributed by atoms with van der Waals surface area (Å²) in [5.74, 6) is -0.589. The van der Waals surface area contributed by atoms with Crippen molar-refractivity contribution in [3.05, 3.63) is 88.8 Å². The lowest BCUT2D eigenvalue weighted by Gasteiger charge is -2.09. The first kappa shape index (κ1) is 17.9. The first-order chi connectivity index (χ1) is 13.7. The maximum absolute atomic E-state index is 12.6. The van der Waals surface area contributed by atoms with Gasteiger partial charge in [-0.05, 0) is 36.4 Å². The second-order valence-corrected chi connectivity index (χ2v) is 6.81. The summed E-state index contributed by atoms with van der Waals surface area (Å²) >= 11 is 1.36. The molecule has 8 heteroatoms. The molecular formula is C20H14N4O3S. The fraction of sp³-hybridized carbons (Fsp3) is 0.0500. The van der Waals surface area contributed by atoms with Crippen LogP contribution in [-0.2, 0) is 11.5 Å². The number of pyridine rings is 1. The average Bonchev–Trinajstić information content (AvgIpc) is 2.74. The molecule has 0 aliphatic carbocycles. The lowest BCUT2D eigenvalue weighted by atomic mass is 10.2. The minimum atomic E-state index is -0.589. The highest BCUT2D eigenvalue weighted by molar-refractivity contribution is 7.99. The largest absolute Gasteiger partial charge is 0.438 e. The molecule has 2 aromatic carbocycles. The van der Waals surface area contributed by atoms with Crippen LogP contribution in [0.15, 0.2) is 87.6 Å². The van der Waals surface area contributed by atoms with Gasteiger partial charge in [0.15, 0.2) is 6.73 Å². The van der Waals surface area contributed by atoms with Gasteiger partial charge >= 0.3 is 5.97 Å². The highest BCUT2D eigenvalue weighted by atomic mass is 32.2. The fourth-order valence-electron chi connectivity index (χ4n) is 2.53. The smallest absolute Gasteiger partial charge is 0.342 e. The molecule has 0 fully saturated rings. The number of benzene rings is 2. The average molecular weight is 390 g/mol. The summed E-state index contributed by atoms with van der Waals surface area (Å²) in [6.45, 7) is -0.333. The minimum absolute atomic E-state index is 0.318. The Balaban J connectivity index is 1.53. The molecular weight excluding hydrogens is 376 g/mol. The van der Waals surface area contributed by atoms with Crippen molar-refractivity contribution in [1.29, 1.82) is 0 Å². The zero-order valence-corrected chi connectivity index (χ0v) is 15.4. The third-order valence-corrected chi connectivity index (χ3v) is 4.92. The van der Waals surface area contributed by atoms with Crippen LogP contribution in [0.25, 0.3) is 10.9 Å². The number of hydrogen-bond acceptors (Lipinski definition) is 7. The van der Waals surface area contributed by atoms with Gasteiger partial charge in [0.1, 0.15) is 10.5 Å². The third-order valence-electron chi connectivity index (χ3n) is 3.90. The number of carbonyl (C=O) groups excluding carboxylic acids is 1. The highest BCUT2D eigenvalue weighted by Gasteiger charge is 2.16. The lowest BCUT2D eigenvalue weighted by molar-refractivity contribution is 0.0331. The maximum atomic E-state index is 12.6. The van der Waals surface area contributed by atoms with Crippen molar-refractivity contribution >= 4 is 28.6 Å². The Kier molecular flexibility index (Phi) is 5.11. The zero-order chi connectivity index (χ0) is 19.3. The summed E-state index contributed by atoms with van der Waals surface area (Å²) in [5, 5.41) is 8.73. The number of rotatable bonds is 5. The van der Waals surface area contributed by atoms with Crippen molar-refractivity contribution in [2.75, 3.05) is 0 Å². The zero-order valence-electron chi connectivity index (χ0n) is 14.6. The van der Waals surface area contributed by atoms with Crippen molar-refractivity contribution < 1.29 is 9.53 Å². The number of fused-ring (bicyclic) bond motifs is 1. The van der Waals surface area contributed by atoms with Gasteiger partial charge in [-0.15, -0.1) is 5.10 Å². The quantitative estimate of drug-likeness (QED) is 0.484. The van der Waals surface area contributed by atoms with E-state index in [2.05, 4.69) is 15.3 Å². The number of ether oxygens (including phenoxy) is 1. The molecule has 0 N–H and O–H groups in total. The summed E-state index contributed by atoms with van der Waals surface area (Å²) < 4.78 is 6.30. The Labute approximate surface area is 164 Å². The van der Waals surface area contributed by atoms with Crippen LogP contribution in [0.5, 0.6) is 0 Å².